The van der Waals surface area contributed by atoms with E-state index in [1.165, 1.54) is 0 Å². The number of carbonyl (C=O) groups is 2. The molecule has 9 nitrogen and oxygen atoms in total. The summed E-state index contributed by atoms with van der Waals surface area (Å²) in [7, 11) is 3.73. The average molecular weight is 469 g/mol. The third-order valence-electron chi connectivity index (χ3n) is 6.98. The molecule has 0 atom stereocenters. The molecule has 2 aliphatic rings. The third kappa shape index (κ3) is 10.7. The number of ether oxygens (including phenoxy) is 1. The Morgan fingerprint density at radius 2 is 1.12 bits per heavy atom. The number of carbonyl (C=O) groups excluding carboxylic acids is 2. The molecule has 0 aromatic carbocycles. The molecule has 0 aromatic rings. The van der Waals surface area contributed by atoms with Crippen LogP contribution in [0.25, 0.3) is 0 Å². The van der Waals surface area contributed by atoms with E-state index in [4.69, 9.17) is 16.2 Å². The van der Waals surface area contributed by atoms with Crippen LogP contribution in [0.3, 0.4) is 0 Å². The molecule has 0 aliphatic carbocycles. The molecule has 2 heterocycles. The second-order valence-electron chi connectivity index (χ2n) is 9.63. The minimum Gasteiger partial charge on any atom is -0.375 e. The van der Waals surface area contributed by atoms with Gasteiger partial charge in [0, 0.05) is 79.3 Å². The zero-order chi connectivity index (χ0) is 24.1. The second kappa shape index (κ2) is 15.6. The van der Waals surface area contributed by atoms with Crippen molar-refractivity contribution in [2.45, 2.75) is 63.6 Å². The topological polar surface area (TPSA) is 108 Å². The summed E-state index contributed by atoms with van der Waals surface area (Å²) in [6.45, 7) is 8.40. The van der Waals surface area contributed by atoms with Gasteiger partial charge in [-0.2, -0.15) is 0 Å². The van der Waals surface area contributed by atoms with Gasteiger partial charge in [-0.05, 0) is 51.6 Å². The average Bonchev–Trinajstić information content (AvgIpc) is 2.84. The van der Waals surface area contributed by atoms with E-state index in [0.29, 0.717) is 38.1 Å². The lowest BCUT2D eigenvalue weighted by molar-refractivity contribution is -0.131. The Labute approximate surface area is 200 Å². The van der Waals surface area contributed by atoms with Crippen molar-refractivity contribution in [2.24, 2.45) is 11.5 Å². The van der Waals surface area contributed by atoms with Gasteiger partial charge in [0.1, 0.15) is 0 Å². The number of piperidine rings is 2. The van der Waals surface area contributed by atoms with Crippen LogP contribution >= 0.6 is 0 Å². The van der Waals surface area contributed by atoms with Crippen LogP contribution in [-0.4, -0.2) is 123 Å². The van der Waals surface area contributed by atoms with Crippen molar-refractivity contribution in [3.8, 4) is 0 Å². The highest BCUT2D eigenvalue weighted by Gasteiger charge is 2.26. The van der Waals surface area contributed by atoms with Gasteiger partial charge >= 0.3 is 0 Å². The quantitative estimate of drug-likeness (QED) is 0.378. The minimum atomic E-state index is 0.206. The first-order valence-corrected chi connectivity index (χ1v) is 12.9. The van der Waals surface area contributed by atoms with E-state index in [1.807, 2.05) is 14.1 Å². The largest absolute Gasteiger partial charge is 0.375 e. The van der Waals surface area contributed by atoms with Crippen LogP contribution in [0.5, 0.6) is 0 Å². The first-order valence-electron chi connectivity index (χ1n) is 12.9. The maximum absolute atomic E-state index is 12.2. The summed E-state index contributed by atoms with van der Waals surface area (Å²) in [6, 6.07) is 0. The Balaban J connectivity index is 1.55. The summed E-state index contributed by atoms with van der Waals surface area (Å²) in [5.41, 5.74) is 11.0. The lowest BCUT2D eigenvalue weighted by atomic mass is 10.0. The van der Waals surface area contributed by atoms with Gasteiger partial charge in [-0.15, -0.1) is 0 Å². The fourth-order valence-corrected chi connectivity index (χ4v) is 4.61. The summed E-state index contributed by atoms with van der Waals surface area (Å²) < 4.78 is 6.42. The van der Waals surface area contributed by atoms with Crippen LogP contribution in [0.2, 0.25) is 0 Å². The van der Waals surface area contributed by atoms with E-state index in [9.17, 15) is 9.59 Å². The Morgan fingerprint density at radius 1 is 0.758 bits per heavy atom. The van der Waals surface area contributed by atoms with Gasteiger partial charge in [-0.3, -0.25) is 9.59 Å². The molecule has 2 rings (SSSR count). The molecule has 0 saturated carbocycles. The van der Waals surface area contributed by atoms with Crippen LogP contribution in [0, 0.1) is 0 Å². The molecular formula is C24H48N6O3. The zero-order valence-electron chi connectivity index (χ0n) is 21.1. The maximum Gasteiger partial charge on any atom is 0.223 e. The Morgan fingerprint density at radius 3 is 1.45 bits per heavy atom. The monoisotopic (exact) mass is 468 g/mol. The number of nitrogens with two attached hydrogens (primary N) is 2. The van der Waals surface area contributed by atoms with Gasteiger partial charge in [0.05, 0.1) is 12.2 Å². The highest BCUT2D eigenvalue weighted by molar-refractivity contribution is 5.76. The van der Waals surface area contributed by atoms with Crippen molar-refractivity contribution in [1.82, 2.24) is 19.6 Å². The molecule has 0 spiro atoms. The highest BCUT2D eigenvalue weighted by atomic mass is 16.5. The highest BCUT2D eigenvalue weighted by Crippen LogP contribution is 2.21. The lowest BCUT2D eigenvalue weighted by Gasteiger charge is -2.37. The SMILES string of the molecule is CN(CCCN)C(=O)CCN1CCC(OC2CCN(CCC(=O)N(C)CCCN)CC2)CC1. The summed E-state index contributed by atoms with van der Waals surface area (Å²) in [6.07, 6.45) is 7.71. The third-order valence-corrected chi connectivity index (χ3v) is 6.98. The zero-order valence-corrected chi connectivity index (χ0v) is 21.1. The number of hydrogen-bond donors (Lipinski definition) is 2. The molecule has 192 valence electrons. The molecular weight excluding hydrogens is 420 g/mol. The predicted octanol–water partition coefficient (Wildman–Crippen LogP) is 0.326. The smallest absolute Gasteiger partial charge is 0.223 e. The van der Waals surface area contributed by atoms with Crippen LogP contribution < -0.4 is 11.5 Å². The predicted molar refractivity (Wildman–Crippen MR) is 132 cm³/mol. The van der Waals surface area contributed by atoms with Crippen LogP contribution in [0.15, 0.2) is 0 Å². The molecule has 2 saturated heterocycles. The standard InChI is InChI=1S/C24H48N6O3/c1-27(13-3-11-25)23(31)9-19-29-15-5-21(6-16-29)33-22-7-17-30(18-8-22)20-10-24(32)28(2)14-4-12-26/h21-22H,3-20,25-26H2,1-2H3. The van der Waals surface area contributed by atoms with Crippen LogP contribution in [0.4, 0.5) is 0 Å². The van der Waals surface area contributed by atoms with Crippen molar-refractivity contribution < 1.29 is 14.3 Å². The van der Waals surface area contributed by atoms with E-state index in [2.05, 4.69) is 9.80 Å². The Bertz CT molecular complexity index is 514. The van der Waals surface area contributed by atoms with Gasteiger partial charge in [0.25, 0.3) is 0 Å². The molecule has 0 bridgehead atoms. The molecule has 4 N–H and O–H groups in total. The first-order chi connectivity index (χ1) is 15.9. The molecule has 0 aromatic heterocycles. The number of amides is 2. The number of rotatable bonds is 14. The molecule has 9 heteroatoms. The van der Waals surface area contributed by atoms with Gasteiger partial charge in [-0.1, -0.05) is 0 Å². The lowest BCUT2D eigenvalue weighted by Crippen LogP contribution is -2.43. The molecule has 2 fully saturated rings. The van der Waals surface area contributed by atoms with Crippen molar-refractivity contribution in [2.75, 3.05) is 79.5 Å². The van der Waals surface area contributed by atoms with Gasteiger partial charge in [0.2, 0.25) is 11.8 Å². The van der Waals surface area contributed by atoms with E-state index in [1.54, 1.807) is 9.80 Å². The molecule has 2 aliphatic heterocycles. The van der Waals surface area contributed by atoms with E-state index in [0.717, 1.165) is 90.9 Å². The normalized spacial score (nSPS) is 19.0. The van der Waals surface area contributed by atoms with E-state index >= 15 is 0 Å². The molecule has 0 radical (unpaired) electrons. The number of hydrogen-bond acceptors (Lipinski definition) is 7. The Hall–Kier alpha value is -1.26. The summed E-state index contributed by atoms with van der Waals surface area (Å²) >= 11 is 0. The van der Waals surface area contributed by atoms with Crippen molar-refractivity contribution in [3.05, 3.63) is 0 Å². The number of nitrogens with zero attached hydrogens (tertiary/aromatic N) is 4. The second-order valence-corrected chi connectivity index (χ2v) is 9.63. The fourth-order valence-electron chi connectivity index (χ4n) is 4.61. The van der Waals surface area contributed by atoms with Gasteiger partial charge in [-0.25, -0.2) is 0 Å². The maximum atomic E-state index is 12.2. The van der Waals surface area contributed by atoms with Crippen molar-refractivity contribution >= 4 is 11.8 Å². The minimum absolute atomic E-state index is 0.206. The fraction of sp³-hybridized carbons (Fsp3) is 0.917. The van der Waals surface area contributed by atoms with Crippen molar-refractivity contribution in [3.63, 3.8) is 0 Å². The van der Waals surface area contributed by atoms with Crippen LogP contribution in [-0.2, 0) is 14.3 Å². The van der Waals surface area contributed by atoms with Crippen LogP contribution in [0.1, 0.15) is 51.4 Å². The summed E-state index contributed by atoms with van der Waals surface area (Å²) in [5, 5.41) is 0. The van der Waals surface area contributed by atoms with E-state index < -0.39 is 0 Å². The van der Waals surface area contributed by atoms with Crippen molar-refractivity contribution in [1.29, 1.82) is 0 Å². The van der Waals surface area contributed by atoms with Gasteiger partial charge < -0.3 is 35.8 Å². The van der Waals surface area contributed by atoms with Gasteiger partial charge in [0.15, 0.2) is 0 Å². The Kier molecular flexibility index (Phi) is 13.2. The van der Waals surface area contributed by atoms with E-state index in [-0.39, 0.29) is 11.8 Å². The molecule has 2 amide bonds. The summed E-state index contributed by atoms with van der Waals surface area (Å²) in [5.74, 6) is 0.412. The number of likely N-dealkylation sites (tertiary alicyclic amines) is 2. The first kappa shape index (κ1) is 28.0. The molecule has 0 unspecified atom stereocenters. The molecule has 33 heavy (non-hydrogen) atoms. The summed E-state index contributed by atoms with van der Waals surface area (Å²) in [4.78, 5) is 32.8.